The van der Waals surface area contributed by atoms with Gasteiger partial charge in [-0.3, -0.25) is 4.79 Å². The van der Waals surface area contributed by atoms with Crippen molar-refractivity contribution in [1.29, 1.82) is 0 Å². The van der Waals surface area contributed by atoms with E-state index in [1.54, 1.807) is 6.07 Å². The molecule has 0 radical (unpaired) electrons. The third-order valence-electron chi connectivity index (χ3n) is 6.51. The van der Waals surface area contributed by atoms with E-state index in [4.69, 9.17) is 42.8 Å². The molecule has 1 N–H and O–H groups in total. The third kappa shape index (κ3) is 6.19. The summed E-state index contributed by atoms with van der Waals surface area (Å²) >= 11 is 13.0. The van der Waals surface area contributed by atoms with Crippen LogP contribution in [0.5, 0.6) is 11.6 Å². The van der Waals surface area contributed by atoms with Crippen LogP contribution in [0.3, 0.4) is 0 Å². The molecule has 0 atom stereocenters. The summed E-state index contributed by atoms with van der Waals surface area (Å²) < 4.78 is 14.0. The van der Waals surface area contributed by atoms with Crippen LogP contribution in [0, 0.1) is 0 Å². The second kappa shape index (κ2) is 11.2. The predicted molar refractivity (Wildman–Crippen MR) is 146 cm³/mol. The molecule has 8 nitrogen and oxygen atoms in total. The number of benzene rings is 2. The van der Waals surface area contributed by atoms with Gasteiger partial charge in [-0.05, 0) is 74.9 Å². The van der Waals surface area contributed by atoms with Crippen LogP contribution in [-0.4, -0.2) is 42.8 Å². The summed E-state index contributed by atoms with van der Waals surface area (Å²) in [7, 11) is 0. The minimum Gasteiger partial charge on any atom is -0.494 e. The lowest BCUT2D eigenvalue weighted by atomic mass is 10.2. The van der Waals surface area contributed by atoms with Crippen molar-refractivity contribution < 1.29 is 19.4 Å². The van der Waals surface area contributed by atoms with Gasteiger partial charge in [-0.2, -0.15) is 4.98 Å². The van der Waals surface area contributed by atoms with Gasteiger partial charge >= 0.3 is 5.97 Å². The van der Waals surface area contributed by atoms with Crippen LogP contribution < -0.4 is 9.47 Å². The number of aliphatic carboxylic acids is 1. The van der Waals surface area contributed by atoms with Gasteiger partial charge in [0, 0.05) is 17.0 Å². The van der Waals surface area contributed by atoms with Crippen molar-refractivity contribution in [3.8, 4) is 23.0 Å². The Hall–Kier alpha value is -3.36. The quantitative estimate of drug-likeness (QED) is 0.192. The van der Waals surface area contributed by atoms with Crippen molar-refractivity contribution in [3.63, 3.8) is 0 Å². The summed E-state index contributed by atoms with van der Waals surface area (Å²) in [4.78, 5) is 24.5. The van der Waals surface area contributed by atoms with Crippen LogP contribution in [-0.2, 0) is 11.3 Å². The summed E-state index contributed by atoms with van der Waals surface area (Å²) in [5, 5.41) is 9.89. The van der Waals surface area contributed by atoms with E-state index in [-0.39, 0.29) is 12.0 Å². The molecule has 2 aromatic carbocycles. The molecule has 5 rings (SSSR count). The van der Waals surface area contributed by atoms with Crippen LogP contribution in [0.2, 0.25) is 10.0 Å². The van der Waals surface area contributed by atoms with E-state index in [1.165, 1.54) is 6.33 Å². The van der Waals surface area contributed by atoms with Gasteiger partial charge in [0.15, 0.2) is 11.2 Å². The van der Waals surface area contributed by atoms with Gasteiger partial charge in [0.1, 0.15) is 23.5 Å². The number of carbonyl (C=O) groups is 1. The van der Waals surface area contributed by atoms with Gasteiger partial charge in [-0.15, -0.1) is 0 Å². The van der Waals surface area contributed by atoms with Crippen molar-refractivity contribution in [2.45, 2.75) is 57.6 Å². The molecule has 1 saturated carbocycles. The molecule has 38 heavy (non-hydrogen) atoms. The molecule has 0 unspecified atom stereocenters. The standard InChI is InChI=1S/C28H28Cl2N4O4/c1-28(11-12-28)38-27-24-26(31-17-32-27)34(16-18-6-5-7-19(29)14-18)25(33-24)21-10-9-20(15-22(21)30)37-13-4-2-3-8-23(35)36/h5-7,9-10,14-15,17H,2-4,8,11-13,16H2,1H3,(H,35,36). The normalized spacial score (nSPS) is 14.0. The zero-order valence-electron chi connectivity index (χ0n) is 21.0. The van der Waals surface area contributed by atoms with Crippen LogP contribution in [0.15, 0.2) is 48.8 Å². The lowest BCUT2D eigenvalue weighted by Gasteiger charge is -2.12. The molecular formula is C28H28Cl2N4O4. The zero-order valence-corrected chi connectivity index (χ0v) is 22.5. The second-order valence-electron chi connectivity index (χ2n) is 9.75. The highest BCUT2D eigenvalue weighted by atomic mass is 35.5. The largest absolute Gasteiger partial charge is 0.494 e. The molecule has 2 heterocycles. The minimum atomic E-state index is -0.777. The van der Waals surface area contributed by atoms with Gasteiger partial charge in [-0.1, -0.05) is 35.3 Å². The molecule has 2 aromatic heterocycles. The van der Waals surface area contributed by atoms with Gasteiger partial charge < -0.3 is 19.1 Å². The van der Waals surface area contributed by atoms with Crippen LogP contribution in [0.4, 0.5) is 0 Å². The molecule has 1 aliphatic carbocycles. The number of aromatic nitrogens is 4. The average molecular weight is 555 g/mol. The maximum absolute atomic E-state index is 10.6. The van der Waals surface area contributed by atoms with Crippen LogP contribution >= 0.6 is 23.2 Å². The number of hydrogen-bond acceptors (Lipinski definition) is 6. The lowest BCUT2D eigenvalue weighted by Crippen LogP contribution is -2.13. The molecule has 198 valence electrons. The Morgan fingerprint density at radius 2 is 1.95 bits per heavy atom. The second-order valence-corrected chi connectivity index (χ2v) is 10.6. The summed E-state index contributed by atoms with van der Waals surface area (Å²) in [6, 6.07) is 13.2. The smallest absolute Gasteiger partial charge is 0.303 e. The Morgan fingerprint density at radius 3 is 2.68 bits per heavy atom. The number of ether oxygens (including phenoxy) is 2. The fraction of sp³-hybridized carbons (Fsp3) is 0.357. The molecule has 1 fully saturated rings. The Bertz CT molecular complexity index is 1470. The van der Waals surface area contributed by atoms with Crippen molar-refractivity contribution in [3.05, 3.63) is 64.4 Å². The molecular weight excluding hydrogens is 527 g/mol. The van der Waals surface area contributed by atoms with E-state index in [0.29, 0.717) is 58.2 Å². The first kappa shape index (κ1) is 26.3. The fourth-order valence-corrected chi connectivity index (χ4v) is 4.66. The minimum absolute atomic E-state index is 0.174. The molecule has 1 aliphatic rings. The highest BCUT2D eigenvalue weighted by Gasteiger charge is 2.41. The van der Waals surface area contributed by atoms with Gasteiger partial charge in [0.25, 0.3) is 0 Å². The van der Waals surface area contributed by atoms with Gasteiger partial charge in [0.05, 0.1) is 18.2 Å². The number of halogens is 2. The zero-order chi connectivity index (χ0) is 26.7. The molecule has 10 heteroatoms. The van der Waals surface area contributed by atoms with E-state index >= 15 is 0 Å². The van der Waals surface area contributed by atoms with E-state index in [1.807, 2.05) is 41.0 Å². The van der Waals surface area contributed by atoms with E-state index in [9.17, 15) is 4.79 Å². The fourth-order valence-electron chi connectivity index (χ4n) is 4.19. The Kier molecular flexibility index (Phi) is 7.72. The van der Waals surface area contributed by atoms with E-state index in [0.717, 1.165) is 36.8 Å². The van der Waals surface area contributed by atoms with E-state index < -0.39 is 5.97 Å². The number of rotatable bonds is 12. The number of imidazole rings is 1. The summed E-state index contributed by atoms with van der Waals surface area (Å²) in [6.07, 6.45) is 5.81. The predicted octanol–water partition coefficient (Wildman–Crippen LogP) is 6.80. The Morgan fingerprint density at radius 1 is 1.11 bits per heavy atom. The summed E-state index contributed by atoms with van der Waals surface area (Å²) in [5.74, 6) is 0.956. The number of unbranched alkanes of at least 4 members (excludes halogenated alkanes) is 2. The molecule has 0 amide bonds. The highest BCUT2D eigenvalue weighted by molar-refractivity contribution is 6.33. The maximum Gasteiger partial charge on any atom is 0.303 e. The molecule has 4 aromatic rings. The highest BCUT2D eigenvalue weighted by Crippen LogP contribution is 2.41. The average Bonchev–Trinajstić information content (AvgIpc) is 3.49. The van der Waals surface area contributed by atoms with Crippen molar-refractivity contribution in [1.82, 2.24) is 19.5 Å². The Labute approximate surface area is 230 Å². The first-order chi connectivity index (χ1) is 18.3. The monoisotopic (exact) mass is 554 g/mol. The van der Waals surface area contributed by atoms with Gasteiger partial charge in [0.2, 0.25) is 5.88 Å². The number of hydrogen-bond donors (Lipinski definition) is 1. The summed E-state index contributed by atoms with van der Waals surface area (Å²) in [6.45, 7) is 3.02. The maximum atomic E-state index is 10.6. The Balaban J connectivity index is 1.44. The lowest BCUT2D eigenvalue weighted by molar-refractivity contribution is -0.137. The topological polar surface area (TPSA) is 99.4 Å². The number of fused-ring (bicyclic) bond motifs is 1. The molecule has 0 saturated heterocycles. The van der Waals surface area contributed by atoms with Gasteiger partial charge in [-0.25, -0.2) is 9.97 Å². The van der Waals surface area contributed by atoms with Crippen molar-refractivity contribution in [2.24, 2.45) is 0 Å². The third-order valence-corrected chi connectivity index (χ3v) is 7.06. The van der Waals surface area contributed by atoms with Crippen molar-refractivity contribution in [2.75, 3.05) is 6.61 Å². The first-order valence-electron chi connectivity index (χ1n) is 12.6. The van der Waals surface area contributed by atoms with E-state index in [2.05, 4.69) is 16.9 Å². The van der Waals surface area contributed by atoms with Crippen molar-refractivity contribution >= 4 is 40.3 Å². The number of carboxylic acid groups (broad SMARTS) is 1. The SMILES string of the molecule is CC1(Oc2ncnc3c2nc(-c2ccc(OCCCCCC(=O)O)cc2Cl)n3Cc2cccc(Cl)c2)CC1. The summed E-state index contributed by atoms with van der Waals surface area (Å²) in [5.41, 5.74) is 2.72. The first-order valence-corrected chi connectivity index (χ1v) is 13.4. The molecule has 0 bridgehead atoms. The number of carboxylic acids is 1. The molecule has 0 spiro atoms. The molecule has 0 aliphatic heterocycles. The van der Waals surface area contributed by atoms with Crippen LogP contribution in [0.1, 0.15) is 51.0 Å². The number of nitrogens with zero attached hydrogens (tertiary/aromatic N) is 4. The van der Waals surface area contributed by atoms with Crippen LogP contribution in [0.25, 0.3) is 22.6 Å².